The lowest BCUT2D eigenvalue weighted by molar-refractivity contribution is -0.137. The van der Waals surface area contributed by atoms with E-state index in [1.54, 1.807) is 4.90 Å². The van der Waals surface area contributed by atoms with Crippen molar-refractivity contribution in [2.24, 2.45) is 0 Å². The van der Waals surface area contributed by atoms with Gasteiger partial charge in [0.2, 0.25) is 0 Å². The fourth-order valence-electron chi connectivity index (χ4n) is 2.31. The van der Waals surface area contributed by atoms with Crippen LogP contribution in [0, 0.1) is 6.92 Å². The lowest BCUT2D eigenvalue weighted by atomic mass is 10.0. The third kappa shape index (κ3) is 3.13. The van der Waals surface area contributed by atoms with E-state index >= 15 is 0 Å². The number of hydrogen-bond acceptors (Lipinski definition) is 3. The zero-order valence-electron chi connectivity index (χ0n) is 11.6. The lowest BCUT2D eigenvalue weighted by Crippen LogP contribution is -2.44. The van der Waals surface area contributed by atoms with Crippen molar-refractivity contribution < 1.29 is 14.3 Å². The number of carbonyl (C=O) groups excluding carboxylic acids is 2. The van der Waals surface area contributed by atoms with Crippen molar-refractivity contribution in [1.29, 1.82) is 0 Å². The molecule has 1 aliphatic rings. The van der Waals surface area contributed by atoms with E-state index in [-0.39, 0.29) is 24.8 Å². The summed E-state index contributed by atoms with van der Waals surface area (Å²) in [5, 5.41) is 0. The van der Waals surface area contributed by atoms with Gasteiger partial charge in [-0.25, -0.2) is 0 Å². The molecule has 0 atom stereocenters. The summed E-state index contributed by atoms with van der Waals surface area (Å²) in [6.45, 7) is 5.97. The number of Topliss-reactive ketones (excluding diaryl/α,β-unsaturated/α-hetero) is 1. The highest BCUT2D eigenvalue weighted by Gasteiger charge is 2.40. The van der Waals surface area contributed by atoms with E-state index < -0.39 is 5.54 Å². The predicted molar refractivity (Wildman–Crippen MR) is 72.1 cm³/mol. The molecule has 19 heavy (non-hydrogen) atoms. The Morgan fingerprint density at radius 3 is 2.47 bits per heavy atom. The Hall–Kier alpha value is -1.84. The number of aryl methyl sites for hydroxylation is 1. The molecule has 0 N–H and O–H groups in total. The van der Waals surface area contributed by atoms with Crippen molar-refractivity contribution in [3.8, 4) is 5.75 Å². The van der Waals surface area contributed by atoms with Crippen molar-refractivity contribution in [2.75, 3.05) is 13.2 Å². The minimum atomic E-state index is -0.398. The first-order chi connectivity index (χ1) is 8.88. The van der Waals surface area contributed by atoms with Gasteiger partial charge in [0.1, 0.15) is 5.75 Å². The van der Waals surface area contributed by atoms with Crippen LogP contribution >= 0.6 is 0 Å². The molecule has 1 aromatic carbocycles. The second kappa shape index (κ2) is 5.03. The second-order valence-electron chi connectivity index (χ2n) is 5.61. The number of carbonyl (C=O) groups is 2. The molecule has 1 aliphatic heterocycles. The normalized spacial score (nSPS) is 17.6. The van der Waals surface area contributed by atoms with E-state index in [2.05, 4.69) is 0 Å². The molecule has 0 unspecified atom stereocenters. The smallest absolute Gasteiger partial charge is 0.261 e. The van der Waals surface area contributed by atoms with Crippen LogP contribution in [0.1, 0.15) is 25.8 Å². The standard InChI is InChI=1S/C15H19NO3/c1-11-4-6-13(7-5-11)19-10-14(18)16-9-12(17)8-15(16,2)3/h4-7H,8-10H2,1-3H3. The monoisotopic (exact) mass is 261 g/mol. The first-order valence-corrected chi connectivity index (χ1v) is 6.40. The van der Waals surface area contributed by atoms with E-state index in [0.29, 0.717) is 12.2 Å². The van der Waals surface area contributed by atoms with Gasteiger partial charge in [0.25, 0.3) is 5.91 Å². The summed E-state index contributed by atoms with van der Waals surface area (Å²) in [6.07, 6.45) is 0.420. The number of nitrogens with zero attached hydrogens (tertiary/aromatic N) is 1. The fourth-order valence-corrected chi connectivity index (χ4v) is 2.31. The van der Waals surface area contributed by atoms with Crippen LogP contribution in [0.4, 0.5) is 0 Å². The van der Waals surface area contributed by atoms with Crippen LogP contribution < -0.4 is 4.74 Å². The van der Waals surface area contributed by atoms with Crippen molar-refractivity contribution in [2.45, 2.75) is 32.7 Å². The average molecular weight is 261 g/mol. The van der Waals surface area contributed by atoms with Crippen molar-refractivity contribution in [1.82, 2.24) is 4.90 Å². The van der Waals surface area contributed by atoms with Crippen molar-refractivity contribution >= 4 is 11.7 Å². The third-order valence-corrected chi connectivity index (χ3v) is 3.38. The van der Waals surface area contributed by atoms with E-state index in [9.17, 15) is 9.59 Å². The first kappa shape index (κ1) is 13.6. The van der Waals surface area contributed by atoms with Crippen LogP contribution in [0.5, 0.6) is 5.75 Å². The summed E-state index contributed by atoms with van der Waals surface area (Å²) < 4.78 is 5.46. The molecule has 1 saturated heterocycles. The maximum absolute atomic E-state index is 12.1. The Morgan fingerprint density at radius 1 is 1.32 bits per heavy atom. The fraction of sp³-hybridized carbons (Fsp3) is 0.467. The van der Waals surface area contributed by atoms with Crippen LogP contribution in [-0.2, 0) is 9.59 Å². The Kier molecular flexibility index (Phi) is 3.60. The third-order valence-electron chi connectivity index (χ3n) is 3.38. The largest absolute Gasteiger partial charge is 0.484 e. The van der Waals surface area contributed by atoms with Gasteiger partial charge in [0, 0.05) is 12.0 Å². The Bertz CT molecular complexity index is 491. The second-order valence-corrected chi connectivity index (χ2v) is 5.61. The maximum Gasteiger partial charge on any atom is 0.261 e. The molecule has 0 aromatic heterocycles. The number of ketones is 1. The van der Waals surface area contributed by atoms with Gasteiger partial charge in [-0.2, -0.15) is 0 Å². The van der Waals surface area contributed by atoms with Crippen LogP contribution in [0.15, 0.2) is 24.3 Å². The molecule has 0 saturated carbocycles. The van der Waals surface area contributed by atoms with Crippen LogP contribution in [0.3, 0.4) is 0 Å². The molecule has 4 nitrogen and oxygen atoms in total. The number of amides is 1. The van der Waals surface area contributed by atoms with Crippen LogP contribution in [0.2, 0.25) is 0 Å². The van der Waals surface area contributed by atoms with Crippen LogP contribution in [0.25, 0.3) is 0 Å². The van der Waals surface area contributed by atoms with Gasteiger partial charge in [0.05, 0.1) is 6.54 Å². The lowest BCUT2D eigenvalue weighted by Gasteiger charge is -2.30. The topological polar surface area (TPSA) is 46.6 Å². The zero-order valence-corrected chi connectivity index (χ0v) is 11.6. The Labute approximate surface area is 113 Å². The number of ether oxygens (including phenoxy) is 1. The van der Waals surface area contributed by atoms with Gasteiger partial charge < -0.3 is 9.64 Å². The number of rotatable bonds is 3. The average Bonchev–Trinajstić information content (AvgIpc) is 2.61. The predicted octanol–water partition coefficient (Wildman–Crippen LogP) is 1.95. The Balaban J connectivity index is 1.95. The number of benzene rings is 1. The minimum Gasteiger partial charge on any atom is -0.484 e. The molecule has 1 heterocycles. The molecular weight excluding hydrogens is 242 g/mol. The summed E-state index contributed by atoms with van der Waals surface area (Å²) in [5.74, 6) is 0.632. The van der Waals surface area contributed by atoms with Gasteiger partial charge in [-0.05, 0) is 32.9 Å². The molecule has 0 aliphatic carbocycles. The minimum absolute atomic E-state index is 0.0280. The van der Waals surface area contributed by atoms with E-state index in [1.807, 2.05) is 45.0 Å². The van der Waals surface area contributed by atoms with Gasteiger partial charge in [-0.15, -0.1) is 0 Å². The van der Waals surface area contributed by atoms with Crippen molar-refractivity contribution in [3.05, 3.63) is 29.8 Å². The molecule has 0 radical (unpaired) electrons. The molecule has 1 aromatic rings. The SMILES string of the molecule is Cc1ccc(OCC(=O)N2CC(=O)CC2(C)C)cc1. The first-order valence-electron chi connectivity index (χ1n) is 6.40. The summed E-state index contributed by atoms with van der Waals surface area (Å²) in [7, 11) is 0. The van der Waals surface area contributed by atoms with Gasteiger partial charge in [-0.1, -0.05) is 17.7 Å². The van der Waals surface area contributed by atoms with Gasteiger partial charge in [0.15, 0.2) is 12.4 Å². The molecule has 1 fully saturated rings. The molecule has 2 rings (SSSR count). The maximum atomic E-state index is 12.1. The highest BCUT2D eigenvalue weighted by Crippen LogP contribution is 2.26. The van der Waals surface area contributed by atoms with Crippen molar-refractivity contribution in [3.63, 3.8) is 0 Å². The zero-order chi connectivity index (χ0) is 14.0. The number of hydrogen-bond donors (Lipinski definition) is 0. The Morgan fingerprint density at radius 2 is 1.95 bits per heavy atom. The highest BCUT2D eigenvalue weighted by molar-refractivity contribution is 5.91. The van der Waals surface area contributed by atoms with Gasteiger partial charge in [-0.3, -0.25) is 9.59 Å². The summed E-state index contributed by atoms with van der Waals surface area (Å²) in [6, 6.07) is 7.54. The summed E-state index contributed by atoms with van der Waals surface area (Å²) in [5.41, 5.74) is 0.745. The van der Waals surface area contributed by atoms with E-state index in [0.717, 1.165) is 5.56 Å². The van der Waals surface area contributed by atoms with E-state index in [1.165, 1.54) is 0 Å². The molecule has 0 spiro atoms. The van der Waals surface area contributed by atoms with E-state index in [4.69, 9.17) is 4.74 Å². The molecular formula is C15H19NO3. The highest BCUT2D eigenvalue weighted by atomic mass is 16.5. The molecule has 4 heteroatoms. The number of likely N-dealkylation sites (tertiary alicyclic amines) is 1. The molecule has 0 bridgehead atoms. The van der Waals surface area contributed by atoms with Gasteiger partial charge >= 0.3 is 0 Å². The molecule has 1 amide bonds. The summed E-state index contributed by atoms with van der Waals surface area (Å²) >= 11 is 0. The quantitative estimate of drug-likeness (QED) is 0.835. The molecule has 102 valence electrons. The van der Waals surface area contributed by atoms with Crippen LogP contribution in [-0.4, -0.2) is 35.3 Å². The summed E-state index contributed by atoms with van der Waals surface area (Å²) in [4.78, 5) is 25.1.